The zero-order chi connectivity index (χ0) is 21.8. The number of nitrogens with one attached hydrogen (secondary N) is 1. The van der Waals surface area contributed by atoms with Crippen molar-refractivity contribution in [2.45, 2.75) is 39.3 Å². The molecule has 0 atom stereocenters. The number of thiazole rings is 1. The van der Waals surface area contributed by atoms with Crippen molar-refractivity contribution in [1.82, 2.24) is 20.1 Å². The zero-order valence-electron chi connectivity index (χ0n) is 18.6. The van der Waals surface area contributed by atoms with Gasteiger partial charge in [-0.1, -0.05) is 0 Å². The molecule has 3 heterocycles. The number of amides is 1. The summed E-state index contributed by atoms with van der Waals surface area (Å²) in [5.74, 6) is 1.71. The Morgan fingerprint density at radius 1 is 1.10 bits per heavy atom. The third-order valence-electron chi connectivity index (χ3n) is 5.30. The minimum Gasteiger partial charge on any atom is -0.490 e. The van der Waals surface area contributed by atoms with Gasteiger partial charge in [0.25, 0.3) is 0 Å². The van der Waals surface area contributed by atoms with Crippen molar-refractivity contribution in [3.8, 4) is 22.8 Å². The summed E-state index contributed by atoms with van der Waals surface area (Å²) in [5.41, 5.74) is 1.85. The highest BCUT2D eigenvalue weighted by molar-refractivity contribution is 7.09. The molecule has 31 heavy (non-hydrogen) atoms. The van der Waals surface area contributed by atoms with Gasteiger partial charge in [0.2, 0.25) is 5.91 Å². The molecular formula is C23H32N4O3S. The Morgan fingerprint density at radius 2 is 1.81 bits per heavy atom. The Labute approximate surface area is 188 Å². The van der Waals surface area contributed by atoms with Crippen LogP contribution in [0.15, 0.2) is 23.6 Å². The molecule has 1 fully saturated rings. The molecule has 1 amide bonds. The summed E-state index contributed by atoms with van der Waals surface area (Å²) >= 11 is 1.69. The van der Waals surface area contributed by atoms with Gasteiger partial charge in [-0.25, -0.2) is 4.98 Å². The molecule has 168 valence electrons. The van der Waals surface area contributed by atoms with Gasteiger partial charge < -0.3 is 14.8 Å². The third kappa shape index (κ3) is 6.18. The van der Waals surface area contributed by atoms with Crippen molar-refractivity contribution < 1.29 is 14.3 Å². The highest BCUT2D eigenvalue weighted by Crippen LogP contribution is 2.34. The molecule has 7 nitrogen and oxygen atoms in total. The Balaban J connectivity index is 1.29. The molecule has 1 aromatic heterocycles. The summed E-state index contributed by atoms with van der Waals surface area (Å²) in [6.45, 7) is 12.4. The predicted molar refractivity (Wildman–Crippen MR) is 123 cm³/mol. The highest BCUT2D eigenvalue weighted by Gasteiger charge is 2.22. The topological polar surface area (TPSA) is 66.9 Å². The molecule has 0 bridgehead atoms. The molecule has 0 saturated carbocycles. The number of aromatic nitrogens is 1. The summed E-state index contributed by atoms with van der Waals surface area (Å²) in [6, 6.07) is 6.05. The Bertz CT molecular complexity index is 900. The van der Waals surface area contributed by atoms with E-state index in [-0.39, 0.29) is 11.4 Å². The van der Waals surface area contributed by atoms with Crippen LogP contribution in [0.2, 0.25) is 0 Å². The molecule has 8 heteroatoms. The van der Waals surface area contributed by atoms with Gasteiger partial charge in [0.15, 0.2) is 11.5 Å². The Hall–Kier alpha value is -2.16. The maximum Gasteiger partial charge on any atom is 0.234 e. The minimum absolute atomic E-state index is 0.0978. The number of benzene rings is 1. The number of hydrogen-bond donors (Lipinski definition) is 1. The van der Waals surface area contributed by atoms with Gasteiger partial charge in [-0.2, -0.15) is 0 Å². The van der Waals surface area contributed by atoms with Gasteiger partial charge in [-0.05, 0) is 39.0 Å². The number of fused-ring (bicyclic) bond motifs is 1. The quantitative estimate of drug-likeness (QED) is 0.765. The molecule has 0 unspecified atom stereocenters. The minimum atomic E-state index is -0.183. The fourth-order valence-corrected chi connectivity index (χ4v) is 4.64. The van der Waals surface area contributed by atoms with Gasteiger partial charge in [-0.3, -0.25) is 14.6 Å². The lowest BCUT2D eigenvalue weighted by molar-refractivity contribution is -0.124. The number of ether oxygens (including phenoxy) is 2. The van der Waals surface area contributed by atoms with Gasteiger partial charge >= 0.3 is 0 Å². The van der Waals surface area contributed by atoms with Crippen molar-refractivity contribution >= 4 is 17.2 Å². The van der Waals surface area contributed by atoms with E-state index in [1.54, 1.807) is 11.3 Å². The van der Waals surface area contributed by atoms with Crippen LogP contribution < -0.4 is 14.8 Å². The van der Waals surface area contributed by atoms with E-state index >= 15 is 0 Å². The molecule has 1 aromatic carbocycles. The van der Waals surface area contributed by atoms with E-state index in [0.29, 0.717) is 19.8 Å². The van der Waals surface area contributed by atoms with E-state index in [1.165, 1.54) is 0 Å². The van der Waals surface area contributed by atoms with Crippen LogP contribution in [0.1, 0.15) is 32.2 Å². The maximum absolute atomic E-state index is 12.2. The van der Waals surface area contributed by atoms with E-state index in [4.69, 9.17) is 14.5 Å². The van der Waals surface area contributed by atoms with Crippen molar-refractivity contribution in [3.63, 3.8) is 0 Å². The SMILES string of the molecule is CC(C)(C)NC(=O)CN1CCN(Cc2nc(-c3ccc4c(c3)OCCCO4)cs2)CC1. The van der Waals surface area contributed by atoms with Crippen LogP contribution in [0.5, 0.6) is 11.5 Å². The summed E-state index contributed by atoms with van der Waals surface area (Å²) in [6.07, 6.45) is 0.902. The van der Waals surface area contributed by atoms with Gasteiger partial charge in [0.1, 0.15) is 5.01 Å². The van der Waals surface area contributed by atoms with Gasteiger partial charge in [0.05, 0.1) is 32.0 Å². The summed E-state index contributed by atoms with van der Waals surface area (Å²) in [4.78, 5) is 21.6. The average molecular weight is 445 g/mol. The molecule has 0 radical (unpaired) electrons. The Kier molecular flexibility index (Phi) is 6.79. The summed E-state index contributed by atoms with van der Waals surface area (Å²) < 4.78 is 11.5. The third-order valence-corrected chi connectivity index (χ3v) is 6.13. The van der Waals surface area contributed by atoms with Crippen molar-refractivity contribution in [1.29, 1.82) is 0 Å². The van der Waals surface area contributed by atoms with E-state index in [1.807, 2.05) is 39.0 Å². The Morgan fingerprint density at radius 3 is 2.55 bits per heavy atom. The molecule has 1 N–H and O–H groups in total. The second-order valence-corrected chi connectivity index (χ2v) is 10.1. The molecule has 2 aliphatic rings. The van der Waals surface area contributed by atoms with E-state index < -0.39 is 0 Å². The predicted octanol–water partition coefficient (Wildman–Crippen LogP) is 3.00. The van der Waals surface area contributed by atoms with Gasteiger partial charge in [0, 0.05) is 49.1 Å². The van der Waals surface area contributed by atoms with Crippen LogP contribution in [-0.2, 0) is 11.3 Å². The van der Waals surface area contributed by atoms with Gasteiger partial charge in [-0.15, -0.1) is 11.3 Å². The smallest absolute Gasteiger partial charge is 0.234 e. The first-order valence-corrected chi connectivity index (χ1v) is 11.8. The van der Waals surface area contributed by atoms with Crippen molar-refractivity contribution in [3.05, 3.63) is 28.6 Å². The molecule has 0 spiro atoms. The monoisotopic (exact) mass is 444 g/mol. The maximum atomic E-state index is 12.2. The van der Waals surface area contributed by atoms with Crippen molar-refractivity contribution in [2.24, 2.45) is 0 Å². The van der Waals surface area contributed by atoms with Crippen LogP contribution in [0.4, 0.5) is 0 Å². The number of rotatable bonds is 5. The fourth-order valence-electron chi connectivity index (χ4n) is 3.80. The molecule has 0 aliphatic carbocycles. The lowest BCUT2D eigenvalue weighted by atomic mass is 10.1. The van der Waals surface area contributed by atoms with Crippen molar-refractivity contribution in [2.75, 3.05) is 45.9 Å². The number of hydrogen-bond acceptors (Lipinski definition) is 7. The number of carbonyl (C=O) groups is 1. The summed E-state index contributed by atoms with van der Waals surface area (Å²) in [5, 5.41) is 6.26. The largest absolute Gasteiger partial charge is 0.490 e. The molecule has 2 aliphatic heterocycles. The average Bonchev–Trinajstić information content (AvgIpc) is 3.04. The van der Waals surface area contributed by atoms with Crippen LogP contribution >= 0.6 is 11.3 Å². The number of piperazine rings is 1. The van der Waals surface area contributed by atoms with Crippen LogP contribution in [0.25, 0.3) is 11.3 Å². The molecule has 4 rings (SSSR count). The highest BCUT2D eigenvalue weighted by atomic mass is 32.1. The second-order valence-electron chi connectivity index (χ2n) is 9.19. The van der Waals surface area contributed by atoms with E-state index in [9.17, 15) is 4.79 Å². The van der Waals surface area contributed by atoms with E-state index in [2.05, 4.69) is 20.5 Å². The van der Waals surface area contributed by atoms with E-state index in [0.717, 1.165) is 66.9 Å². The van der Waals surface area contributed by atoms with Crippen LogP contribution in [0.3, 0.4) is 0 Å². The first kappa shape index (κ1) is 22.0. The first-order valence-electron chi connectivity index (χ1n) is 11.0. The molecule has 1 saturated heterocycles. The zero-order valence-corrected chi connectivity index (χ0v) is 19.5. The van der Waals surface area contributed by atoms with Crippen LogP contribution in [0, 0.1) is 0 Å². The molecular weight excluding hydrogens is 412 g/mol. The van der Waals surface area contributed by atoms with Crippen LogP contribution in [-0.4, -0.2) is 72.2 Å². The lowest BCUT2D eigenvalue weighted by Crippen LogP contribution is -2.51. The lowest BCUT2D eigenvalue weighted by Gasteiger charge is -2.34. The summed E-state index contributed by atoms with van der Waals surface area (Å²) in [7, 11) is 0. The number of nitrogens with zero attached hydrogens (tertiary/aromatic N) is 3. The molecule has 2 aromatic rings. The second kappa shape index (κ2) is 9.54. The fraction of sp³-hybridized carbons (Fsp3) is 0.565. The first-order chi connectivity index (χ1) is 14.9. The number of carbonyl (C=O) groups excluding carboxylic acids is 1. The normalized spacial score (nSPS) is 17.9. The standard InChI is InChI=1S/C23H32N4O3S/c1-23(2,3)25-21(28)14-26-7-9-27(10-8-26)15-22-24-18(16-31-22)17-5-6-19-20(13-17)30-12-4-11-29-19/h5-6,13,16H,4,7-12,14-15H2,1-3H3,(H,25,28).